The molecule has 21 heavy (non-hydrogen) atoms. The van der Waals surface area contributed by atoms with Crippen molar-refractivity contribution < 1.29 is 14.6 Å². The summed E-state index contributed by atoms with van der Waals surface area (Å²) in [6.07, 6.45) is 0. The molecule has 0 aliphatic heterocycles. The third-order valence-electron chi connectivity index (χ3n) is 3.16. The fourth-order valence-electron chi connectivity index (χ4n) is 2.26. The zero-order chi connectivity index (χ0) is 15.0. The van der Waals surface area contributed by atoms with Crippen LogP contribution < -0.4 is 4.74 Å². The fraction of sp³-hybridized carbons (Fsp3) is 0.0667. The second-order valence-corrected chi connectivity index (χ2v) is 5.17. The predicted octanol–water partition coefficient (Wildman–Crippen LogP) is 3.47. The highest BCUT2D eigenvalue weighted by Gasteiger charge is 2.20. The lowest BCUT2D eigenvalue weighted by Crippen LogP contribution is -1.97. The van der Waals surface area contributed by atoms with Crippen LogP contribution in [0, 0.1) is 0 Å². The van der Waals surface area contributed by atoms with E-state index in [4.69, 9.17) is 4.74 Å². The number of nitrogens with zero attached hydrogens (tertiary/aromatic N) is 2. The van der Waals surface area contributed by atoms with Crippen LogP contribution in [0.1, 0.15) is 10.5 Å². The molecule has 2 aromatic heterocycles. The van der Waals surface area contributed by atoms with Gasteiger partial charge in [-0.1, -0.05) is 18.2 Å². The summed E-state index contributed by atoms with van der Waals surface area (Å²) in [5, 5.41) is 9.34. The Labute approximate surface area is 128 Å². The van der Waals surface area contributed by atoms with Crippen LogP contribution in [0.25, 0.3) is 16.9 Å². The largest absolute Gasteiger partial charge is 0.496 e. The summed E-state index contributed by atoms with van der Waals surface area (Å²) in [6, 6.07) is 12.7. The lowest BCUT2D eigenvalue weighted by Gasteiger charge is -2.08. The van der Waals surface area contributed by atoms with Gasteiger partial charge in [-0.25, -0.2) is 9.78 Å². The highest BCUT2D eigenvalue weighted by Crippen LogP contribution is 2.32. The number of pyridine rings is 1. The molecule has 0 fully saturated rings. The quantitative estimate of drug-likeness (QED) is 0.737. The van der Waals surface area contributed by atoms with Gasteiger partial charge in [-0.05, 0) is 40.2 Å². The Morgan fingerprint density at radius 3 is 2.71 bits per heavy atom. The van der Waals surface area contributed by atoms with E-state index in [1.54, 1.807) is 23.6 Å². The van der Waals surface area contributed by atoms with Crippen LogP contribution in [0.4, 0.5) is 0 Å². The molecule has 0 unspecified atom stereocenters. The zero-order valence-electron chi connectivity index (χ0n) is 11.1. The van der Waals surface area contributed by atoms with E-state index in [1.807, 2.05) is 30.3 Å². The Hall–Kier alpha value is -2.34. The number of aromatic carboxylic acids is 1. The minimum Gasteiger partial charge on any atom is -0.496 e. The number of methoxy groups -OCH3 is 1. The number of hydrogen-bond acceptors (Lipinski definition) is 3. The standard InChI is InChI=1S/C15H11BrN2O3/c1-21-11-7-3-2-5-9(11)14-17-13(15(19)20)10-6-4-8-12(16)18(10)14/h2-8H,1H3,(H,19,20). The Bertz CT molecular complexity index is 842. The highest BCUT2D eigenvalue weighted by molar-refractivity contribution is 9.10. The van der Waals surface area contributed by atoms with Gasteiger partial charge in [0.1, 0.15) is 11.6 Å². The van der Waals surface area contributed by atoms with Crippen molar-refractivity contribution in [2.24, 2.45) is 0 Å². The van der Waals surface area contributed by atoms with Crippen LogP contribution in [-0.2, 0) is 0 Å². The summed E-state index contributed by atoms with van der Waals surface area (Å²) < 4.78 is 7.82. The first-order valence-electron chi connectivity index (χ1n) is 6.17. The van der Waals surface area contributed by atoms with Crippen molar-refractivity contribution >= 4 is 27.4 Å². The number of carbonyl (C=O) groups is 1. The average Bonchev–Trinajstić information content (AvgIpc) is 2.88. The Balaban J connectivity index is 2.40. The number of aromatic nitrogens is 2. The molecule has 106 valence electrons. The monoisotopic (exact) mass is 346 g/mol. The molecule has 2 heterocycles. The molecule has 1 aromatic carbocycles. The van der Waals surface area contributed by atoms with Gasteiger partial charge in [0.05, 0.1) is 22.8 Å². The Morgan fingerprint density at radius 2 is 2.00 bits per heavy atom. The number of imidazole rings is 1. The minimum atomic E-state index is -1.06. The molecule has 3 aromatic rings. The molecule has 0 aliphatic rings. The third kappa shape index (κ3) is 2.17. The number of rotatable bonds is 3. The first-order valence-corrected chi connectivity index (χ1v) is 6.96. The van der Waals surface area contributed by atoms with E-state index < -0.39 is 5.97 Å². The van der Waals surface area contributed by atoms with Crippen LogP contribution >= 0.6 is 15.9 Å². The van der Waals surface area contributed by atoms with Crippen molar-refractivity contribution in [3.05, 3.63) is 52.8 Å². The van der Waals surface area contributed by atoms with Crippen LogP contribution in [0.2, 0.25) is 0 Å². The normalized spacial score (nSPS) is 10.8. The van der Waals surface area contributed by atoms with Gasteiger partial charge in [-0.2, -0.15) is 0 Å². The number of ether oxygens (including phenoxy) is 1. The van der Waals surface area contributed by atoms with Crippen molar-refractivity contribution in [1.82, 2.24) is 9.38 Å². The molecule has 0 radical (unpaired) electrons. The number of carboxylic acids is 1. The molecule has 0 atom stereocenters. The number of para-hydroxylation sites is 1. The summed E-state index contributed by atoms with van der Waals surface area (Å²) in [5.41, 5.74) is 1.27. The number of hydrogen-bond donors (Lipinski definition) is 1. The molecule has 6 heteroatoms. The summed E-state index contributed by atoms with van der Waals surface area (Å²) >= 11 is 3.44. The van der Waals surface area contributed by atoms with E-state index in [1.165, 1.54) is 0 Å². The van der Waals surface area contributed by atoms with Crippen molar-refractivity contribution in [2.75, 3.05) is 7.11 Å². The molecule has 0 saturated carbocycles. The number of fused-ring (bicyclic) bond motifs is 1. The first kappa shape index (κ1) is 13.6. The zero-order valence-corrected chi connectivity index (χ0v) is 12.7. The number of benzene rings is 1. The second-order valence-electron chi connectivity index (χ2n) is 4.36. The lowest BCUT2D eigenvalue weighted by molar-refractivity contribution is 0.0693. The van der Waals surface area contributed by atoms with Crippen molar-refractivity contribution in [1.29, 1.82) is 0 Å². The summed E-state index contributed by atoms with van der Waals surface area (Å²) in [6.45, 7) is 0. The van der Waals surface area contributed by atoms with E-state index in [2.05, 4.69) is 20.9 Å². The maximum atomic E-state index is 11.4. The predicted molar refractivity (Wildman–Crippen MR) is 81.8 cm³/mol. The Morgan fingerprint density at radius 1 is 1.24 bits per heavy atom. The van der Waals surface area contributed by atoms with Crippen molar-refractivity contribution in [3.63, 3.8) is 0 Å². The topological polar surface area (TPSA) is 63.8 Å². The minimum absolute atomic E-state index is 0.0113. The van der Waals surface area contributed by atoms with Gasteiger partial charge in [0.25, 0.3) is 0 Å². The number of halogens is 1. The van der Waals surface area contributed by atoms with E-state index >= 15 is 0 Å². The maximum Gasteiger partial charge on any atom is 0.356 e. The maximum absolute atomic E-state index is 11.4. The van der Waals surface area contributed by atoms with Gasteiger partial charge in [0, 0.05) is 0 Å². The fourth-order valence-corrected chi connectivity index (χ4v) is 2.78. The Kier molecular flexibility index (Phi) is 3.39. The van der Waals surface area contributed by atoms with Gasteiger partial charge in [-0.15, -0.1) is 0 Å². The van der Waals surface area contributed by atoms with Crippen LogP contribution in [0.5, 0.6) is 5.75 Å². The number of carboxylic acid groups (broad SMARTS) is 1. The van der Waals surface area contributed by atoms with Crippen LogP contribution in [0.15, 0.2) is 47.1 Å². The molecule has 1 N–H and O–H groups in total. The van der Waals surface area contributed by atoms with Gasteiger partial charge in [0.15, 0.2) is 5.69 Å². The average molecular weight is 347 g/mol. The molecule has 0 amide bonds. The van der Waals surface area contributed by atoms with Crippen LogP contribution in [0.3, 0.4) is 0 Å². The molecule has 0 aliphatic carbocycles. The molecule has 3 rings (SSSR count). The van der Waals surface area contributed by atoms with Gasteiger partial charge in [0.2, 0.25) is 0 Å². The van der Waals surface area contributed by atoms with Crippen molar-refractivity contribution in [3.8, 4) is 17.1 Å². The van der Waals surface area contributed by atoms with Gasteiger partial charge >= 0.3 is 5.97 Å². The van der Waals surface area contributed by atoms with Gasteiger partial charge < -0.3 is 9.84 Å². The molecular formula is C15H11BrN2O3. The highest BCUT2D eigenvalue weighted by atomic mass is 79.9. The third-order valence-corrected chi connectivity index (χ3v) is 3.78. The van der Waals surface area contributed by atoms with E-state index in [9.17, 15) is 9.90 Å². The van der Waals surface area contributed by atoms with Crippen LogP contribution in [-0.4, -0.2) is 27.6 Å². The molecule has 5 nitrogen and oxygen atoms in total. The van der Waals surface area contributed by atoms with E-state index in [0.717, 1.165) is 10.2 Å². The summed E-state index contributed by atoms with van der Waals surface area (Å²) in [4.78, 5) is 15.7. The van der Waals surface area contributed by atoms with E-state index in [0.29, 0.717) is 17.1 Å². The SMILES string of the molecule is COc1ccccc1-c1nc(C(=O)O)c2cccc(Br)n12. The van der Waals surface area contributed by atoms with E-state index in [-0.39, 0.29) is 5.69 Å². The summed E-state index contributed by atoms with van der Waals surface area (Å²) in [7, 11) is 1.57. The lowest BCUT2D eigenvalue weighted by atomic mass is 10.2. The first-order chi connectivity index (χ1) is 10.1. The molecule has 0 spiro atoms. The molecule has 0 saturated heterocycles. The van der Waals surface area contributed by atoms with Gasteiger partial charge in [-0.3, -0.25) is 4.40 Å². The molecule has 0 bridgehead atoms. The smallest absolute Gasteiger partial charge is 0.356 e. The second kappa shape index (κ2) is 5.21. The van der Waals surface area contributed by atoms with Crippen molar-refractivity contribution in [2.45, 2.75) is 0 Å². The molecular weight excluding hydrogens is 336 g/mol. The summed E-state index contributed by atoms with van der Waals surface area (Å²) in [5.74, 6) is 0.0937.